The molecular weight excluding hydrogens is 455 g/mol. The number of carbonyl (C=O) groups is 1. The molecule has 34 heavy (non-hydrogen) atoms. The predicted molar refractivity (Wildman–Crippen MR) is 114 cm³/mol. The van der Waals surface area contributed by atoms with Gasteiger partial charge in [-0.05, 0) is 62.0 Å². The standard InChI is InChI=1S/C24H27F5N4O/c25-18-6-5-16(20(21(18)26)24(27,28)29)15-2-1-9-33(11-7-15)23(34)22-17-8-10-32(12-14-3-4-14)13-19(17)30-31-22/h5-6,14-15H,1-4,7-13H2,(H,30,31). The summed E-state index contributed by atoms with van der Waals surface area (Å²) in [6.07, 6.45) is -0.643. The van der Waals surface area contributed by atoms with Gasteiger partial charge in [0, 0.05) is 38.3 Å². The second kappa shape index (κ2) is 8.94. The highest BCUT2D eigenvalue weighted by Crippen LogP contribution is 2.41. The van der Waals surface area contributed by atoms with Gasteiger partial charge in [0.15, 0.2) is 17.3 Å². The Morgan fingerprint density at radius 2 is 1.88 bits per heavy atom. The fraction of sp³-hybridized carbons (Fsp3) is 0.583. The Bertz CT molecular complexity index is 1080. The number of carbonyl (C=O) groups excluding carboxylic acids is 1. The number of alkyl halides is 3. The Hall–Kier alpha value is -2.49. The van der Waals surface area contributed by atoms with Crippen LogP contribution < -0.4 is 0 Å². The van der Waals surface area contributed by atoms with Crippen LogP contribution in [0.2, 0.25) is 0 Å². The number of amides is 1. The van der Waals surface area contributed by atoms with E-state index < -0.39 is 29.3 Å². The number of hydrogen-bond donors (Lipinski definition) is 1. The van der Waals surface area contributed by atoms with Gasteiger partial charge in [-0.3, -0.25) is 14.8 Å². The summed E-state index contributed by atoms with van der Waals surface area (Å²) in [5.41, 5.74) is 0.503. The zero-order valence-corrected chi connectivity index (χ0v) is 18.7. The van der Waals surface area contributed by atoms with E-state index in [9.17, 15) is 26.7 Å². The highest BCUT2D eigenvalue weighted by Gasteiger charge is 2.40. The van der Waals surface area contributed by atoms with E-state index in [1.54, 1.807) is 4.90 Å². The summed E-state index contributed by atoms with van der Waals surface area (Å²) in [6.45, 7) is 3.30. The average molecular weight is 482 g/mol. The molecule has 3 aliphatic rings. The third-order valence-corrected chi connectivity index (χ3v) is 7.29. The molecule has 1 N–H and O–H groups in total. The maximum absolute atomic E-state index is 14.1. The van der Waals surface area contributed by atoms with Gasteiger partial charge in [0.1, 0.15) is 0 Å². The van der Waals surface area contributed by atoms with Gasteiger partial charge in [-0.25, -0.2) is 8.78 Å². The number of hydrogen-bond acceptors (Lipinski definition) is 3. The van der Waals surface area contributed by atoms with Gasteiger partial charge in [-0.2, -0.15) is 18.3 Å². The number of rotatable bonds is 4. The van der Waals surface area contributed by atoms with Crippen LogP contribution in [0.3, 0.4) is 0 Å². The van der Waals surface area contributed by atoms with Gasteiger partial charge in [0.05, 0.1) is 11.3 Å². The lowest BCUT2D eigenvalue weighted by Gasteiger charge is -2.27. The molecule has 0 radical (unpaired) electrons. The summed E-state index contributed by atoms with van der Waals surface area (Å²) in [5, 5.41) is 7.31. The van der Waals surface area contributed by atoms with Crippen LogP contribution in [0.15, 0.2) is 12.1 Å². The first-order chi connectivity index (χ1) is 16.2. The van der Waals surface area contributed by atoms with E-state index in [4.69, 9.17) is 0 Å². The molecule has 3 heterocycles. The van der Waals surface area contributed by atoms with Crippen LogP contribution in [0.5, 0.6) is 0 Å². The molecule has 0 spiro atoms. The molecule has 5 rings (SSSR count). The zero-order valence-electron chi connectivity index (χ0n) is 18.7. The van der Waals surface area contributed by atoms with Crippen LogP contribution in [-0.2, 0) is 19.1 Å². The van der Waals surface area contributed by atoms with Crippen molar-refractivity contribution in [2.75, 3.05) is 26.2 Å². The highest BCUT2D eigenvalue weighted by atomic mass is 19.4. The molecular formula is C24H27F5N4O. The van der Waals surface area contributed by atoms with E-state index in [-0.39, 0.29) is 24.4 Å². The molecule has 184 valence electrons. The molecule has 1 saturated carbocycles. The molecule has 1 unspecified atom stereocenters. The Balaban J connectivity index is 1.30. The molecule has 0 bridgehead atoms. The first-order valence-electron chi connectivity index (χ1n) is 11.8. The molecule has 1 saturated heterocycles. The molecule has 1 amide bonds. The number of benzene rings is 1. The van der Waals surface area contributed by atoms with E-state index in [1.807, 2.05) is 0 Å². The highest BCUT2D eigenvalue weighted by molar-refractivity contribution is 5.94. The number of H-pyrrole nitrogens is 1. The Labute approximate surface area is 194 Å². The van der Waals surface area contributed by atoms with Gasteiger partial charge >= 0.3 is 6.18 Å². The van der Waals surface area contributed by atoms with Crippen molar-refractivity contribution in [1.29, 1.82) is 0 Å². The van der Waals surface area contributed by atoms with Crippen molar-refractivity contribution in [3.8, 4) is 0 Å². The largest absolute Gasteiger partial charge is 0.419 e. The van der Waals surface area contributed by atoms with Gasteiger partial charge in [-0.15, -0.1) is 0 Å². The van der Waals surface area contributed by atoms with Crippen LogP contribution in [0, 0.1) is 17.6 Å². The number of nitrogens with one attached hydrogen (secondary N) is 1. The van der Waals surface area contributed by atoms with Crippen LogP contribution in [0.1, 0.15) is 70.9 Å². The van der Waals surface area contributed by atoms with Crippen molar-refractivity contribution >= 4 is 5.91 Å². The summed E-state index contributed by atoms with van der Waals surface area (Å²) < 4.78 is 68.2. The van der Waals surface area contributed by atoms with E-state index in [0.29, 0.717) is 25.1 Å². The van der Waals surface area contributed by atoms with E-state index in [2.05, 4.69) is 15.1 Å². The lowest BCUT2D eigenvalue weighted by atomic mass is 9.88. The van der Waals surface area contributed by atoms with E-state index >= 15 is 0 Å². The minimum atomic E-state index is -5.00. The van der Waals surface area contributed by atoms with Crippen LogP contribution in [-0.4, -0.2) is 52.1 Å². The Morgan fingerprint density at radius 1 is 1.09 bits per heavy atom. The van der Waals surface area contributed by atoms with Gasteiger partial charge in [-0.1, -0.05) is 6.07 Å². The zero-order chi connectivity index (χ0) is 24.0. The van der Waals surface area contributed by atoms with E-state index in [1.165, 1.54) is 12.8 Å². The SMILES string of the molecule is O=C(c1n[nH]c2c1CCN(CC1CC1)C2)N1CCCC(c2ccc(F)c(F)c2C(F)(F)F)CC1. The summed E-state index contributed by atoms with van der Waals surface area (Å²) in [5.74, 6) is -3.44. The second-order valence-corrected chi connectivity index (χ2v) is 9.70. The van der Waals surface area contributed by atoms with Crippen LogP contribution in [0.4, 0.5) is 22.0 Å². The number of aromatic nitrogens is 2. The quantitative estimate of drug-likeness (QED) is 0.632. The van der Waals surface area contributed by atoms with Crippen molar-refractivity contribution in [1.82, 2.24) is 20.0 Å². The van der Waals surface area contributed by atoms with Crippen molar-refractivity contribution in [2.24, 2.45) is 5.92 Å². The minimum absolute atomic E-state index is 0.227. The summed E-state index contributed by atoms with van der Waals surface area (Å²) in [4.78, 5) is 17.3. The average Bonchev–Trinajstić information content (AvgIpc) is 3.55. The topological polar surface area (TPSA) is 52.2 Å². The summed E-state index contributed by atoms with van der Waals surface area (Å²) in [6, 6.07) is 1.77. The third kappa shape index (κ3) is 4.56. The van der Waals surface area contributed by atoms with Gasteiger partial charge in [0.2, 0.25) is 0 Å². The number of fused-ring (bicyclic) bond motifs is 1. The maximum Gasteiger partial charge on any atom is 0.419 e. The predicted octanol–water partition coefficient (Wildman–Crippen LogP) is 4.88. The first kappa shape index (κ1) is 23.3. The summed E-state index contributed by atoms with van der Waals surface area (Å²) >= 11 is 0. The van der Waals surface area contributed by atoms with Crippen LogP contribution in [0.25, 0.3) is 0 Å². The molecule has 1 atom stereocenters. The summed E-state index contributed by atoms with van der Waals surface area (Å²) in [7, 11) is 0. The molecule has 1 aliphatic carbocycles. The molecule has 10 heteroatoms. The van der Waals surface area contributed by atoms with E-state index in [0.717, 1.165) is 55.4 Å². The van der Waals surface area contributed by atoms with Crippen LogP contribution >= 0.6 is 0 Å². The molecule has 1 aromatic heterocycles. The molecule has 1 aromatic carbocycles. The number of aromatic amines is 1. The number of likely N-dealkylation sites (tertiary alicyclic amines) is 1. The second-order valence-electron chi connectivity index (χ2n) is 9.70. The molecule has 5 nitrogen and oxygen atoms in total. The first-order valence-corrected chi connectivity index (χ1v) is 11.8. The lowest BCUT2D eigenvalue weighted by Crippen LogP contribution is -2.35. The molecule has 2 aliphatic heterocycles. The Kier molecular flexibility index (Phi) is 6.12. The third-order valence-electron chi connectivity index (χ3n) is 7.29. The van der Waals surface area contributed by atoms with Crippen molar-refractivity contribution in [3.05, 3.63) is 51.8 Å². The fourth-order valence-electron chi connectivity index (χ4n) is 5.33. The van der Waals surface area contributed by atoms with Crippen molar-refractivity contribution in [2.45, 2.75) is 57.2 Å². The fourth-order valence-corrected chi connectivity index (χ4v) is 5.33. The number of nitrogens with zero attached hydrogens (tertiary/aromatic N) is 3. The maximum atomic E-state index is 14.1. The van der Waals surface area contributed by atoms with Crippen molar-refractivity contribution < 1.29 is 26.7 Å². The van der Waals surface area contributed by atoms with Gasteiger partial charge < -0.3 is 4.90 Å². The lowest BCUT2D eigenvalue weighted by molar-refractivity contribution is -0.141. The molecule has 2 aromatic rings. The monoisotopic (exact) mass is 482 g/mol. The normalized spacial score (nSPS) is 21.9. The Morgan fingerprint density at radius 3 is 2.62 bits per heavy atom. The van der Waals surface area contributed by atoms with Gasteiger partial charge in [0.25, 0.3) is 5.91 Å². The molecule has 2 fully saturated rings. The minimum Gasteiger partial charge on any atom is -0.337 e. The number of halogens is 5. The smallest absolute Gasteiger partial charge is 0.337 e. The van der Waals surface area contributed by atoms with Crippen molar-refractivity contribution in [3.63, 3.8) is 0 Å².